The zero-order chi connectivity index (χ0) is 18.5. The van der Waals surface area contributed by atoms with E-state index in [0.29, 0.717) is 5.82 Å². The fraction of sp³-hybridized carbons (Fsp3) is 0.227. The van der Waals surface area contributed by atoms with Crippen LogP contribution in [0.1, 0.15) is 34.9 Å². The minimum absolute atomic E-state index is 0.133. The summed E-state index contributed by atoms with van der Waals surface area (Å²) in [5.41, 5.74) is 11.5. The molecule has 0 saturated heterocycles. The fourth-order valence-corrected chi connectivity index (χ4v) is 3.28. The molecule has 3 heterocycles. The largest absolute Gasteiger partial charge is 0.387 e. The molecule has 1 atom stereocenters. The number of oxime groups is 1. The zero-order valence-corrected chi connectivity index (χ0v) is 15.1. The summed E-state index contributed by atoms with van der Waals surface area (Å²) in [5.74, 6) is 0.510. The average molecular weight is 358 g/mol. The van der Waals surface area contributed by atoms with Crippen LogP contribution in [0.3, 0.4) is 0 Å². The Bertz CT molecular complexity index is 923. The van der Waals surface area contributed by atoms with Crippen LogP contribution in [0.5, 0.6) is 0 Å². The molecule has 1 unspecified atom stereocenters. The molecule has 4 rings (SSSR count). The first-order valence-corrected chi connectivity index (χ1v) is 9.17. The number of anilines is 1. The van der Waals surface area contributed by atoms with E-state index in [1.54, 1.807) is 6.20 Å². The topological polar surface area (TPSA) is 73.4 Å². The van der Waals surface area contributed by atoms with Crippen molar-refractivity contribution in [2.45, 2.75) is 31.8 Å². The van der Waals surface area contributed by atoms with Crippen LogP contribution in [0.4, 0.5) is 5.82 Å². The maximum Gasteiger partial charge on any atom is 0.161 e. The summed E-state index contributed by atoms with van der Waals surface area (Å²) >= 11 is 0. The second-order valence-corrected chi connectivity index (χ2v) is 6.75. The molecule has 5 heteroatoms. The number of hydrogen-bond donors (Lipinski definition) is 1. The lowest BCUT2D eigenvalue weighted by atomic mass is 9.99. The Morgan fingerprint density at radius 3 is 2.48 bits per heavy atom. The Balaban J connectivity index is 1.32. The monoisotopic (exact) mass is 358 g/mol. The smallest absolute Gasteiger partial charge is 0.161 e. The molecule has 0 saturated carbocycles. The van der Waals surface area contributed by atoms with E-state index in [9.17, 15) is 0 Å². The van der Waals surface area contributed by atoms with Crippen molar-refractivity contribution >= 4 is 11.5 Å². The molecule has 0 fully saturated rings. The van der Waals surface area contributed by atoms with Crippen molar-refractivity contribution in [1.29, 1.82) is 0 Å². The second-order valence-electron chi connectivity index (χ2n) is 6.75. The highest BCUT2D eigenvalue weighted by Gasteiger charge is 2.24. The number of nitrogens with zero attached hydrogens (tertiary/aromatic N) is 3. The Morgan fingerprint density at radius 1 is 0.889 bits per heavy atom. The molecule has 1 aliphatic rings. The van der Waals surface area contributed by atoms with Crippen LogP contribution >= 0.6 is 0 Å². The predicted octanol–water partition coefficient (Wildman–Crippen LogP) is 3.90. The first-order valence-electron chi connectivity index (χ1n) is 9.17. The molecule has 1 aromatic carbocycles. The van der Waals surface area contributed by atoms with Crippen molar-refractivity contribution < 1.29 is 4.84 Å². The third kappa shape index (κ3) is 4.31. The molecule has 27 heavy (non-hydrogen) atoms. The van der Waals surface area contributed by atoms with Gasteiger partial charge in [0, 0.05) is 36.5 Å². The van der Waals surface area contributed by atoms with Crippen LogP contribution in [-0.4, -0.2) is 15.7 Å². The standard InChI is InChI=1S/C22H22N4O/c23-22-20(5-3-13-25-22)21-15-19(26-27-21)14-17-8-6-16(7-9-17)10-11-18-4-1-2-12-24-18/h1-9,12-13,21H,10-11,14-15H2,(H2,23,25). The van der Waals surface area contributed by atoms with E-state index in [4.69, 9.17) is 10.6 Å². The van der Waals surface area contributed by atoms with Gasteiger partial charge in [-0.15, -0.1) is 0 Å². The van der Waals surface area contributed by atoms with Crippen LogP contribution in [-0.2, 0) is 24.1 Å². The van der Waals surface area contributed by atoms with Gasteiger partial charge in [-0.3, -0.25) is 4.98 Å². The molecule has 3 aromatic rings. The van der Waals surface area contributed by atoms with Crippen molar-refractivity contribution in [3.05, 3.63) is 89.4 Å². The number of aryl methyl sites for hydroxylation is 2. The van der Waals surface area contributed by atoms with Gasteiger partial charge in [-0.25, -0.2) is 4.98 Å². The first kappa shape index (κ1) is 17.2. The molecule has 0 radical (unpaired) electrons. The van der Waals surface area contributed by atoms with Gasteiger partial charge in [0.25, 0.3) is 0 Å². The second kappa shape index (κ2) is 7.99. The van der Waals surface area contributed by atoms with Crippen LogP contribution in [0.2, 0.25) is 0 Å². The van der Waals surface area contributed by atoms with Gasteiger partial charge in [-0.05, 0) is 48.2 Å². The van der Waals surface area contributed by atoms with E-state index < -0.39 is 0 Å². The normalized spacial score (nSPS) is 16.0. The summed E-state index contributed by atoms with van der Waals surface area (Å²) in [5, 5.41) is 4.25. The molecular formula is C22H22N4O. The third-order valence-corrected chi connectivity index (χ3v) is 4.78. The van der Waals surface area contributed by atoms with E-state index in [-0.39, 0.29) is 6.10 Å². The number of nitrogens with two attached hydrogens (primary N) is 1. The lowest BCUT2D eigenvalue weighted by Crippen LogP contribution is -2.06. The van der Waals surface area contributed by atoms with E-state index in [2.05, 4.69) is 45.5 Å². The van der Waals surface area contributed by atoms with Gasteiger partial charge in [0.05, 0.1) is 5.71 Å². The van der Waals surface area contributed by atoms with E-state index in [1.165, 1.54) is 11.1 Å². The van der Waals surface area contributed by atoms with Crippen LogP contribution in [0, 0.1) is 0 Å². The lowest BCUT2D eigenvalue weighted by molar-refractivity contribution is 0.0860. The lowest BCUT2D eigenvalue weighted by Gasteiger charge is -2.10. The van der Waals surface area contributed by atoms with Gasteiger partial charge in [0.1, 0.15) is 5.82 Å². The minimum atomic E-state index is -0.133. The third-order valence-electron chi connectivity index (χ3n) is 4.78. The molecule has 0 bridgehead atoms. The maximum atomic E-state index is 5.94. The van der Waals surface area contributed by atoms with Crippen molar-refractivity contribution in [2.75, 3.05) is 5.73 Å². The summed E-state index contributed by atoms with van der Waals surface area (Å²) in [6.45, 7) is 0. The van der Waals surface area contributed by atoms with Crippen molar-refractivity contribution in [3.8, 4) is 0 Å². The molecule has 136 valence electrons. The van der Waals surface area contributed by atoms with Crippen molar-refractivity contribution in [2.24, 2.45) is 5.16 Å². The Kier molecular flexibility index (Phi) is 5.10. The molecule has 2 N–H and O–H groups in total. The number of hydrogen-bond acceptors (Lipinski definition) is 5. The zero-order valence-electron chi connectivity index (χ0n) is 15.1. The Labute approximate surface area is 158 Å². The molecule has 1 aliphatic heterocycles. The van der Waals surface area contributed by atoms with Gasteiger partial charge in [0.15, 0.2) is 6.10 Å². The summed E-state index contributed by atoms with van der Waals surface area (Å²) < 4.78 is 0. The quantitative estimate of drug-likeness (QED) is 0.725. The first-order chi connectivity index (χ1) is 13.3. The van der Waals surface area contributed by atoms with E-state index in [0.717, 1.165) is 42.7 Å². The predicted molar refractivity (Wildman–Crippen MR) is 106 cm³/mol. The summed E-state index contributed by atoms with van der Waals surface area (Å²) in [6.07, 6.45) is 6.87. The SMILES string of the molecule is Nc1ncccc1C1CC(Cc2ccc(CCc3ccccn3)cc2)=NO1. The van der Waals surface area contributed by atoms with Crippen molar-refractivity contribution in [1.82, 2.24) is 9.97 Å². The summed E-state index contributed by atoms with van der Waals surface area (Å²) in [7, 11) is 0. The Morgan fingerprint density at radius 2 is 1.70 bits per heavy atom. The molecular weight excluding hydrogens is 336 g/mol. The summed E-state index contributed by atoms with van der Waals surface area (Å²) in [6, 6.07) is 18.6. The molecule has 0 aliphatic carbocycles. The van der Waals surface area contributed by atoms with Crippen LogP contribution in [0.15, 0.2) is 72.1 Å². The number of benzene rings is 1. The van der Waals surface area contributed by atoms with E-state index >= 15 is 0 Å². The number of nitrogen functional groups attached to an aromatic ring is 1. The van der Waals surface area contributed by atoms with Crippen LogP contribution in [0.25, 0.3) is 0 Å². The van der Waals surface area contributed by atoms with Gasteiger partial charge in [-0.1, -0.05) is 35.5 Å². The number of rotatable bonds is 6. The minimum Gasteiger partial charge on any atom is -0.387 e. The maximum absolute atomic E-state index is 5.94. The van der Waals surface area contributed by atoms with Gasteiger partial charge < -0.3 is 10.6 Å². The summed E-state index contributed by atoms with van der Waals surface area (Å²) in [4.78, 5) is 14.1. The van der Waals surface area contributed by atoms with Crippen LogP contribution < -0.4 is 5.73 Å². The number of aromatic nitrogens is 2. The highest BCUT2D eigenvalue weighted by Crippen LogP contribution is 2.30. The Hall–Kier alpha value is -3.21. The highest BCUT2D eigenvalue weighted by atomic mass is 16.6. The molecule has 2 aromatic heterocycles. The number of pyridine rings is 2. The van der Waals surface area contributed by atoms with Gasteiger partial charge in [0.2, 0.25) is 0 Å². The molecule has 5 nitrogen and oxygen atoms in total. The van der Waals surface area contributed by atoms with E-state index in [1.807, 2.05) is 30.5 Å². The molecule has 0 spiro atoms. The highest BCUT2D eigenvalue weighted by molar-refractivity contribution is 5.87. The van der Waals surface area contributed by atoms with Gasteiger partial charge in [-0.2, -0.15) is 0 Å². The fourth-order valence-electron chi connectivity index (χ4n) is 3.28. The average Bonchev–Trinajstić information content (AvgIpc) is 3.17. The van der Waals surface area contributed by atoms with Gasteiger partial charge >= 0.3 is 0 Å². The van der Waals surface area contributed by atoms with Crippen molar-refractivity contribution in [3.63, 3.8) is 0 Å². The molecule has 0 amide bonds.